The molecule has 0 fully saturated rings. The Labute approximate surface area is 122 Å². The Kier molecular flexibility index (Phi) is 12.2. The zero-order valence-electron chi connectivity index (χ0n) is 12.0. The normalized spacial score (nSPS) is 10.1. The lowest BCUT2D eigenvalue weighted by Gasteiger charge is -2.07. The van der Waals surface area contributed by atoms with Crippen LogP contribution in [0.1, 0.15) is 6.42 Å². The number of rotatable bonds is 13. The first-order chi connectivity index (χ1) is 10.1. The van der Waals surface area contributed by atoms with Gasteiger partial charge in [-0.2, -0.15) is 0 Å². The second kappa shape index (κ2) is 13.3. The minimum Gasteiger partial charge on any atom is -0.480 e. The zero-order chi connectivity index (χ0) is 15.9. The maximum absolute atomic E-state index is 11.1. The SMILES string of the molecule is COC(=O)CCOCCOCCNC(=O)COCC(=O)O. The molecule has 9 heteroatoms. The van der Waals surface area contributed by atoms with E-state index >= 15 is 0 Å². The molecular formula is C12H21NO8. The molecule has 0 rings (SSSR count). The highest BCUT2D eigenvalue weighted by Crippen LogP contribution is 1.86. The van der Waals surface area contributed by atoms with Gasteiger partial charge in [0.1, 0.15) is 13.2 Å². The summed E-state index contributed by atoms with van der Waals surface area (Å²) in [5, 5.41) is 10.8. The molecule has 0 atom stereocenters. The predicted octanol–water partition coefficient (Wildman–Crippen LogP) is -1.20. The number of esters is 1. The van der Waals surface area contributed by atoms with Crippen molar-refractivity contribution in [3.63, 3.8) is 0 Å². The average molecular weight is 307 g/mol. The van der Waals surface area contributed by atoms with Crippen LogP contribution in [0.15, 0.2) is 0 Å². The maximum Gasteiger partial charge on any atom is 0.329 e. The number of carbonyl (C=O) groups is 3. The summed E-state index contributed by atoms with van der Waals surface area (Å²) in [7, 11) is 1.31. The molecule has 0 aromatic carbocycles. The highest BCUT2D eigenvalue weighted by atomic mass is 16.5. The number of hydrogen-bond donors (Lipinski definition) is 2. The second-order valence-corrected chi connectivity index (χ2v) is 3.79. The maximum atomic E-state index is 11.1. The number of nitrogens with one attached hydrogen (secondary N) is 1. The minimum atomic E-state index is -1.13. The average Bonchev–Trinajstić information content (AvgIpc) is 2.44. The number of aliphatic carboxylic acids is 1. The van der Waals surface area contributed by atoms with E-state index in [1.165, 1.54) is 7.11 Å². The van der Waals surface area contributed by atoms with Crippen LogP contribution in [-0.2, 0) is 33.3 Å². The molecule has 0 saturated heterocycles. The number of carboxylic acids is 1. The predicted molar refractivity (Wildman–Crippen MR) is 69.7 cm³/mol. The van der Waals surface area contributed by atoms with Gasteiger partial charge in [-0.3, -0.25) is 9.59 Å². The summed E-state index contributed by atoms with van der Waals surface area (Å²) in [6.45, 7) is 0.727. The molecule has 0 aliphatic rings. The van der Waals surface area contributed by atoms with Gasteiger partial charge < -0.3 is 29.4 Å². The highest BCUT2D eigenvalue weighted by molar-refractivity contribution is 5.77. The molecule has 0 radical (unpaired) electrons. The molecule has 21 heavy (non-hydrogen) atoms. The van der Waals surface area contributed by atoms with Crippen LogP contribution in [0.25, 0.3) is 0 Å². The monoisotopic (exact) mass is 307 g/mol. The standard InChI is InChI=1S/C12H21NO8/c1-18-12(17)2-4-19-6-7-20-5-3-13-10(14)8-21-9-11(15)16/h2-9H2,1H3,(H,13,14)(H,15,16). The van der Waals surface area contributed by atoms with Crippen molar-refractivity contribution in [3.8, 4) is 0 Å². The van der Waals surface area contributed by atoms with Gasteiger partial charge in [-0.25, -0.2) is 4.79 Å². The fraction of sp³-hybridized carbons (Fsp3) is 0.750. The van der Waals surface area contributed by atoms with Crippen molar-refractivity contribution in [3.05, 3.63) is 0 Å². The Bertz CT molecular complexity index is 320. The lowest BCUT2D eigenvalue weighted by Crippen LogP contribution is -2.31. The number of carboxylic acid groups (broad SMARTS) is 1. The third-order valence-corrected chi connectivity index (χ3v) is 2.08. The van der Waals surface area contributed by atoms with E-state index in [-0.39, 0.29) is 32.1 Å². The number of methoxy groups -OCH3 is 1. The van der Waals surface area contributed by atoms with Crippen LogP contribution < -0.4 is 5.32 Å². The molecule has 0 aromatic rings. The Morgan fingerprint density at radius 2 is 1.62 bits per heavy atom. The van der Waals surface area contributed by atoms with Crippen molar-refractivity contribution in [2.24, 2.45) is 0 Å². The first-order valence-electron chi connectivity index (χ1n) is 6.34. The van der Waals surface area contributed by atoms with Crippen molar-refractivity contribution < 1.29 is 38.4 Å². The molecule has 0 aliphatic heterocycles. The lowest BCUT2D eigenvalue weighted by molar-refractivity contribution is -0.144. The molecular weight excluding hydrogens is 286 g/mol. The number of ether oxygens (including phenoxy) is 4. The zero-order valence-corrected chi connectivity index (χ0v) is 12.0. The summed E-state index contributed by atoms with van der Waals surface area (Å²) < 4.78 is 19.3. The molecule has 122 valence electrons. The Hall–Kier alpha value is -1.71. The first-order valence-corrected chi connectivity index (χ1v) is 6.34. The molecule has 1 amide bonds. The van der Waals surface area contributed by atoms with Gasteiger partial charge >= 0.3 is 11.9 Å². The van der Waals surface area contributed by atoms with Crippen LogP contribution in [0.2, 0.25) is 0 Å². The molecule has 0 unspecified atom stereocenters. The highest BCUT2D eigenvalue weighted by Gasteiger charge is 2.03. The Morgan fingerprint density at radius 1 is 0.952 bits per heavy atom. The Morgan fingerprint density at radius 3 is 2.24 bits per heavy atom. The molecule has 9 nitrogen and oxygen atoms in total. The fourth-order valence-corrected chi connectivity index (χ4v) is 1.12. The van der Waals surface area contributed by atoms with E-state index in [2.05, 4.69) is 14.8 Å². The molecule has 0 aliphatic carbocycles. The summed E-state index contributed by atoms with van der Waals surface area (Å²) in [6, 6.07) is 0. The van der Waals surface area contributed by atoms with Crippen LogP contribution in [0.5, 0.6) is 0 Å². The third-order valence-electron chi connectivity index (χ3n) is 2.08. The summed E-state index contributed by atoms with van der Waals surface area (Å²) in [5.74, 6) is -1.86. The van der Waals surface area contributed by atoms with Crippen molar-refractivity contribution >= 4 is 17.8 Å². The topological polar surface area (TPSA) is 120 Å². The minimum absolute atomic E-state index is 0.197. The van der Waals surface area contributed by atoms with Crippen molar-refractivity contribution in [1.82, 2.24) is 5.32 Å². The van der Waals surface area contributed by atoms with Crippen LogP contribution in [0, 0.1) is 0 Å². The van der Waals surface area contributed by atoms with Gasteiger partial charge in [-0.15, -0.1) is 0 Å². The van der Waals surface area contributed by atoms with Gasteiger partial charge in [-0.05, 0) is 0 Å². The first kappa shape index (κ1) is 19.3. The van der Waals surface area contributed by atoms with E-state index in [0.29, 0.717) is 19.8 Å². The molecule has 0 spiro atoms. The van der Waals surface area contributed by atoms with E-state index in [1.54, 1.807) is 0 Å². The van der Waals surface area contributed by atoms with Gasteiger partial charge in [0, 0.05) is 6.54 Å². The quantitative estimate of drug-likeness (QED) is 0.321. The molecule has 0 bridgehead atoms. The smallest absolute Gasteiger partial charge is 0.329 e. The van der Waals surface area contributed by atoms with Crippen molar-refractivity contribution in [1.29, 1.82) is 0 Å². The van der Waals surface area contributed by atoms with Crippen molar-refractivity contribution in [2.45, 2.75) is 6.42 Å². The summed E-state index contributed by atoms with van der Waals surface area (Å²) >= 11 is 0. The van der Waals surface area contributed by atoms with Gasteiger partial charge in [0.15, 0.2) is 0 Å². The van der Waals surface area contributed by atoms with Gasteiger partial charge in [-0.1, -0.05) is 0 Å². The van der Waals surface area contributed by atoms with Gasteiger partial charge in [0.05, 0.1) is 40.0 Å². The van der Waals surface area contributed by atoms with Crippen LogP contribution >= 0.6 is 0 Å². The molecule has 2 N–H and O–H groups in total. The third kappa shape index (κ3) is 14.5. The van der Waals surface area contributed by atoms with E-state index < -0.39 is 18.5 Å². The summed E-state index contributed by atoms with van der Waals surface area (Å²) in [6.07, 6.45) is 0.197. The van der Waals surface area contributed by atoms with E-state index in [4.69, 9.17) is 14.6 Å². The number of carbonyl (C=O) groups excluding carboxylic acids is 2. The largest absolute Gasteiger partial charge is 0.480 e. The number of amides is 1. The van der Waals surface area contributed by atoms with Crippen molar-refractivity contribution in [2.75, 3.05) is 53.3 Å². The molecule has 0 heterocycles. The van der Waals surface area contributed by atoms with Gasteiger partial charge in [0.2, 0.25) is 5.91 Å². The fourth-order valence-electron chi connectivity index (χ4n) is 1.12. The van der Waals surface area contributed by atoms with E-state index in [1.807, 2.05) is 0 Å². The van der Waals surface area contributed by atoms with E-state index in [0.717, 1.165) is 0 Å². The second-order valence-electron chi connectivity index (χ2n) is 3.79. The van der Waals surface area contributed by atoms with Crippen LogP contribution in [0.4, 0.5) is 0 Å². The molecule has 0 saturated carbocycles. The summed E-state index contributed by atoms with van der Waals surface area (Å²) in [4.78, 5) is 32.0. The molecule has 0 aromatic heterocycles. The van der Waals surface area contributed by atoms with Crippen LogP contribution in [-0.4, -0.2) is 76.2 Å². The Balaban J connectivity index is 3.23. The van der Waals surface area contributed by atoms with E-state index in [9.17, 15) is 14.4 Å². The number of hydrogen-bond acceptors (Lipinski definition) is 7. The summed E-state index contributed by atoms with van der Waals surface area (Å²) in [5.41, 5.74) is 0. The lowest BCUT2D eigenvalue weighted by atomic mass is 10.5. The van der Waals surface area contributed by atoms with Crippen LogP contribution in [0.3, 0.4) is 0 Å². The van der Waals surface area contributed by atoms with Gasteiger partial charge in [0.25, 0.3) is 0 Å².